The molecule has 0 amide bonds. The van der Waals surface area contributed by atoms with Crippen LogP contribution in [0.15, 0.2) is 0 Å². The molecule has 12 atom stereocenters. The molecule has 2 heteroatoms. The molecule has 6 aliphatic rings. The van der Waals surface area contributed by atoms with Crippen molar-refractivity contribution in [2.75, 3.05) is 6.54 Å². The van der Waals surface area contributed by atoms with Crippen LogP contribution in [0, 0.1) is 52.3 Å². The smallest absolute Gasteiger partial charge is 0.0543 e. The minimum atomic E-state index is -0.0109. The van der Waals surface area contributed by atoms with E-state index in [2.05, 4.69) is 32.6 Å². The van der Waals surface area contributed by atoms with E-state index in [0.29, 0.717) is 10.8 Å². The highest BCUT2D eigenvalue weighted by Crippen LogP contribution is 2.70. The number of hydrogen-bond donors (Lipinski definition) is 1. The molecule has 0 radical (unpaired) electrons. The summed E-state index contributed by atoms with van der Waals surface area (Å²) in [5, 5.41) is 10.3. The normalized spacial score (nSPS) is 62.0. The van der Waals surface area contributed by atoms with Crippen LogP contribution in [0.1, 0.15) is 91.9 Å². The molecule has 2 aliphatic heterocycles. The van der Waals surface area contributed by atoms with Crippen LogP contribution in [0.2, 0.25) is 0 Å². The average Bonchev–Trinajstić information content (AvgIpc) is 3.15. The van der Waals surface area contributed by atoms with E-state index in [1.165, 1.54) is 57.9 Å². The summed E-state index contributed by atoms with van der Waals surface area (Å²) >= 11 is 0. The van der Waals surface area contributed by atoms with Gasteiger partial charge < -0.3 is 5.11 Å². The highest BCUT2D eigenvalue weighted by atomic mass is 16.3. The number of aliphatic hydroxyl groups is 1. The van der Waals surface area contributed by atoms with Gasteiger partial charge in [0, 0.05) is 18.6 Å². The van der Waals surface area contributed by atoms with Crippen LogP contribution in [0.5, 0.6) is 0 Å². The SMILES string of the molecule is C[C@H]1CC[C@@H]2[C@@H](C)[C@H]3[C@H](C[C@H]4[C@@H]5CCC6C[C@@H](O)CC[C@]6(C)[C@H]5CC[C@]34C)N2C1. The van der Waals surface area contributed by atoms with Crippen LogP contribution in [0.3, 0.4) is 0 Å². The predicted octanol–water partition coefficient (Wildman–Crippen LogP) is 5.73. The van der Waals surface area contributed by atoms with Crippen molar-refractivity contribution >= 4 is 0 Å². The molecule has 2 saturated heterocycles. The van der Waals surface area contributed by atoms with Gasteiger partial charge in [-0.2, -0.15) is 0 Å². The lowest BCUT2D eigenvalue weighted by molar-refractivity contribution is -0.129. The first-order chi connectivity index (χ1) is 13.8. The molecule has 0 spiro atoms. The molecule has 4 aliphatic carbocycles. The molecule has 1 unspecified atom stereocenters. The number of nitrogens with zero attached hydrogens (tertiary/aromatic N) is 1. The van der Waals surface area contributed by atoms with Crippen LogP contribution in [0.4, 0.5) is 0 Å². The summed E-state index contributed by atoms with van der Waals surface area (Å²) in [4.78, 5) is 3.03. The Labute approximate surface area is 179 Å². The third kappa shape index (κ3) is 2.54. The van der Waals surface area contributed by atoms with E-state index >= 15 is 0 Å². The van der Waals surface area contributed by atoms with Crippen molar-refractivity contribution in [2.24, 2.45) is 52.3 Å². The third-order valence-corrected chi connectivity index (χ3v) is 12.3. The zero-order chi connectivity index (χ0) is 20.1. The van der Waals surface area contributed by atoms with E-state index in [1.807, 2.05) is 0 Å². The van der Waals surface area contributed by atoms with Gasteiger partial charge in [0.15, 0.2) is 0 Å². The number of piperidine rings is 1. The Morgan fingerprint density at radius 1 is 0.793 bits per heavy atom. The second-order valence-corrected chi connectivity index (χ2v) is 13.3. The van der Waals surface area contributed by atoms with E-state index < -0.39 is 0 Å². The van der Waals surface area contributed by atoms with Gasteiger partial charge in [0.1, 0.15) is 0 Å². The standard InChI is InChI=1S/C27H45NO/c1-16-5-8-23-17(2)25-24(28(23)15-16)14-22-20-7-6-18-13-19(29)9-11-26(18,3)21(20)10-12-27(22,25)4/h16-25,29H,5-15H2,1-4H3/t16-,17+,18?,19-,20+,21-,22-,23+,24-,25-,26-,27-/m0/s1. The minimum Gasteiger partial charge on any atom is -0.393 e. The van der Waals surface area contributed by atoms with E-state index in [0.717, 1.165) is 66.4 Å². The zero-order valence-electron chi connectivity index (χ0n) is 19.4. The number of hydrogen-bond acceptors (Lipinski definition) is 2. The maximum Gasteiger partial charge on any atom is 0.0543 e. The highest BCUT2D eigenvalue weighted by molar-refractivity contribution is 5.17. The molecule has 0 aromatic heterocycles. The fourth-order valence-corrected chi connectivity index (χ4v) is 11.0. The Balaban J connectivity index is 1.30. The zero-order valence-corrected chi connectivity index (χ0v) is 19.4. The van der Waals surface area contributed by atoms with E-state index in [-0.39, 0.29) is 6.10 Å². The molecule has 0 bridgehead atoms. The van der Waals surface area contributed by atoms with Crippen LogP contribution in [0.25, 0.3) is 0 Å². The molecule has 4 saturated carbocycles. The van der Waals surface area contributed by atoms with Gasteiger partial charge in [-0.1, -0.05) is 27.7 Å². The summed E-state index contributed by atoms with van der Waals surface area (Å²) in [6.07, 6.45) is 13.7. The Kier molecular flexibility index (Phi) is 4.37. The summed E-state index contributed by atoms with van der Waals surface area (Å²) in [6, 6.07) is 1.79. The second-order valence-electron chi connectivity index (χ2n) is 13.3. The second kappa shape index (κ2) is 6.47. The molecule has 2 heterocycles. The number of fused-ring (bicyclic) bond motifs is 9. The van der Waals surface area contributed by atoms with Crippen molar-refractivity contribution < 1.29 is 5.11 Å². The van der Waals surface area contributed by atoms with Gasteiger partial charge in [-0.25, -0.2) is 0 Å². The van der Waals surface area contributed by atoms with Crippen LogP contribution in [-0.4, -0.2) is 34.7 Å². The van der Waals surface area contributed by atoms with E-state index in [1.54, 1.807) is 0 Å². The summed E-state index contributed by atoms with van der Waals surface area (Å²) in [7, 11) is 0. The lowest BCUT2D eigenvalue weighted by Gasteiger charge is -2.61. The van der Waals surface area contributed by atoms with Gasteiger partial charge in [-0.15, -0.1) is 0 Å². The van der Waals surface area contributed by atoms with Crippen molar-refractivity contribution in [3.05, 3.63) is 0 Å². The summed E-state index contributed by atoms with van der Waals surface area (Å²) < 4.78 is 0. The molecule has 164 valence electrons. The Morgan fingerprint density at radius 2 is 1.59 bits per heavy atom. The molecule has 2 nitrogen and oxygen atoms in total. The largest absolute Gasteiger partial charge is 0.393 e. The molecule has 6 rings (SSSR count). The van der Waals surface area contributed by atoms with Gasteiger partial charge in [0.2, 0.25) is 0 Å². The highest BCUT2D eigenvalue weighted by Gasteiger charge is 2.66. The number of rotatable bonds is 0. The first kappa shape index (κ1) is 19.6. The van der Waals surface area contributed by atoms with Crippen LogP contribution in [-0.2, 0) is 0 Å². The minimum absolute atomic E-state index is 0.0109. The van der Waals surface area contributed by atoms with Crippen molar-refractivity contribution in [3.8, 4) is 0 Å². The van der Waals surface area contributed by atoms with Gasteiger partial charge in [-0.05, 0) is 116 Å². The Hall–Kier alpha value is -0.0800. The Bertz CT molecular complexity index is 663. The fourth-order valence-electron chi connectivity index (χ4n) is 11.0. The molecular formula is C27H45NO. The average molecular weight is 400 g/mol. The third-order valence-electron chi connectivity index (χ3n) is 12.3. The van der Waals surface area contributed by atoms with Gasteiger partial charge in [0.25, 0.3) is 0 Å². The summed E-state index contributed by atoms with van der Waals surface area (Å²) in [5.74, 6) is 6.47. The lowest BCUT2D eigenvalue weighted by atomic mass is 9.44. The number of aliphatic hydroxyl groups excluding tert-OH is 1. The molecule has 0 aromatic rings. The van der Waals surface area contributed by atoms with Gasteiger partial charge in [0.05, 0.1) is 6.10 Å². The first-order valence-corrected chi connectivity index (χ1v) is 13.3. The van der Waals surface area contributed by atoms with Crippen LogP contribution < -0.4 is 0 Å². The maximum atomic E-state index is 10.3. The van der Waals surface area contributed by atoms with Crippen LogP contribution >= 0.6 is 0 Å². The van der Waals surface area contributed by atoms with Crippen molar-refractivity contribution in [3.63, 3.8) is 0 Å². The first-order valence-electron chi connectivity index (χ1n) is 13.3. The molecule has 29 heavy (non-hydrogen) atoms. The predicted molar refractivity (Wildman–Crippen MR) is 118 cm³/mol. The van der Waals surface area contributed by atoms with Crippen molar-refractivity contribution in [2.45, 2.75) is 110 Å². The lowest BCUT2D eigenvalue weighted by Crippen LogP contribution is -2.54. The van der Waals surface area contributed by atoms with Crippen molar-refractivity contribution in [1.82, 2.24) is 4.90 Å². The van der Waals surface area contributed by atoms with Gasteiger partial charge >= 0.3 is 0 Å². The summed E-state index contributed by atoms with van der Waals surface area (Å²) in [6.45, 7) is 11.9. The summed E-state index contributed by atoms with van der Waals surface area (Å²) in [5.41, 5.74) is 1.12. The Morgan fingerprint density at radius 3 is 2.41 bits per heavy atom. The molecule has 6 fully saturated rings. The maximum absolute atomic E-state index is 10.3. The fraction of sp³-hybridized carbons (Fsp3) is 1.00. The molecule has 1 N–H and O–H groups in total. The van der Waals surface area contributed by atoms with E-state index in [4.69, 9.17) is 0 Å². The van der Waals surface area contributed by atoms with E-state index in [9.17, 15) is 5.11 Å². The quantitative estimate of drug-likeness (QED) is 0.562. The molecular weight excluding hydrogens is 354 g/mol. The molecule has 0 aromatic carbocycles. The monoisotopic (exact) mass is 399 g/mol. The van der Waals surface area contributed by atoms with Crippen molar-refractivity contribution in [1.29, 1.82) is 0 Å². The topological polar surface area (TPSA) is 23.5 Å². The van der Waals surface area contributed by atoms with Gasteiger partial charge in [-0.3, -0.25) is 4.90 Å².